The lowest BCUT2D eigenvalue weighted by Gasteiger charge is -2.15. The number of ether oxygens (including phenoxy) is 1. The van der Waals surface area contributed by atoms with Gasteiger partial charge < -0.3 is 10.1 Å². The summed E-state index contributed by atoms with van der Waals surface area (Å²) in [7, 11) is 0. The Balaban J connectivity index is 1.98. The van der Waals surface area contributed by atoms with Gasteiger partial charge in [-0.2, -0.15) is 11.8 Å². The highest BCUT2D eigenvalue weighted by molar-refractivity contribution is 7.98. The Labute approximate surface area is 92.2 Å². The first-order valence-electron chi connectivity index (χ1n) is 5.57. The SMILES string of the molecule is CSCC(C)CNCC1CCC(C)O1. The van der Waals surface area contributed by atoms with Crippen molar-refractivity contribution in [1.29, 1.82) is 0 Å². The highest BCUT2D eigenvalue weighted by Gasteiger charge is 2.20. The lowest BCUT2D eigenvalue weighted by atomic mass is 10.2. The minimum atomic E-state index is 0.464. The van der Waals surface area contributed by atoms with E-state index in [1.165, 1.54) is 18.6 Å². The van der Waals surface area contributed by atoms with Gasteiger partial charge in [-0.25, -0.2) is 0 Å². The summed E-state index contributed by atoms with van der Waals surface area (Å²) < 4.78 is 5.74. The molecule has 2 nitrogen and oxygen atoms in total. The summed E-state index contributed by atoms with van der Waals surface area (Å²) >= 11 is 1.92. The van der Waals surface area contributed by atoms with Crippen LogP contribution in [0, 0.1) is 5.92 Å². The van der Waals surface area contributed by atoms with Gasteiger partial charge in [-0.3, -0.25) is 0 Å². The summed E-state index contributed by atoms with van der Waals surface area (Å²) in [4.78, 5) is 0. The van der Waals surface area contributed by atoms with Crippen LogP contribution in [0.25, 0.3) is 0 Å². The number of rotatable bonds is 6. The first-order chi connectivity index (χ1) is 6.72. The molecule has 14 heavy (non-hydrogen) atoms. The quantitative estimate of drug-likeness (QED) is 0.736. The van der Waals surface area contributed by atoms with Gasteiger partial charge in [0.15, 0.2) is 0 Å². The van der Waals surface area contributed by atoms with Gasteiger partial charge in [-0.15, -0.1) is 0 Å². The van der Waals surface area contributed by atoms with E-state index in [-0.39, 0.29) is 0 Å². The molecule has 0 spiro atoms. The van der Waals surface area contributed by atoms with Crippen molar-refractivity contribution in [2.45, 2.75) is 38.9 Å². The van der Waals surface area contributed by atoms with E-state index in [9.17, 15) is 0 Å². The van der Waals surface area contributed by atoms with Gasteiger partial charge in [-0.05, 0) is 44.2 Å². The minimum absolute atomic E-state index is 0.464. The zero-order valence-electron chi connectivity index (χ0n) is 9.58. The molecular formula is C11H23NOS. The van der Waals surface area contributed by atoms with E-state index in [0.29, 0.717) is 12.2 Å². The van der Waals surface area contributed by atoms with Crippen LogP contribution in [0.3, 0.4) is 0 Å². The fraction of sp³-hybridized carbons (Fsp3) is 1.00. The Hall–Kier alpha value is 0.270. The number of nitrogens with one attached hydrogen (secondary N) is 1. The maximum atomic E-state index is 5.74. The zero-order valence-corrected chi connectivity index (χ0v) is 10.4. The topological polar surface area (TPSA) is 21.3 Å². The maximum Gasteiger partial charge on any atom is 0.0704 e. The number of thioether (sulfide) groups is 1. The van der Waals surface area contributed by atoms with Gasteiger partial charge in [-0.1, -0.05) is 6.92 Å². The number of hydrogen-bond acceptors (Lipinski definition) is 3. The first kappa shape index (κ1) is 12.3. The van der Waals surface area contributed by atoms with Crippen molar-refractivity contribution < 1.29 is 4.74 Å². The van der Waals surface area contributed by atoms with Crippen LogP contribution in [0.5, 0.6) is 0 Å². The van der Waals surface area contributed by atoms with E-state index < -0.39 is 0 Å². The second-order valence-electron chi connectivity index (χ2n) is 4.36. The molecule has 0 aromatic heterocycles. The monoisotopic (exact) mass is 217 g/mol. The molecule has 1 saturated heterocycles. The molecule has 1 aliphatic heterocycles. The molecule has 1 heterocycles. The lowest BCUT2D eigenvalue weighted by molar-refractivity contribution is 0.0558. The molecule has 84 valence electrons. The Morgan fingerprint density at radius 3 is 2.86 bits per heavy atom. The molecular weight excluding hydrogens is 194 g/mol. The minimum Gasteiger partial charge on any atom is -0.374 e. The third-order valence-electron chi connectivity index (χ3n) is 2.64. The predicted molar refractivity (Wildman–Crippen MR) is 64.0 cm³/mol. The van der Waals surface area contributed by atoms with E-state index in [0.717, 1.165) is 19.0 Å². The van der Waals surface area contributed by atoms with E-state index >= 15 is 0 Å². The van der Waals surface area contributed by atoms with E-state index in [2.05, 4.69) is 25.4 Å². The molecule has 1 fully saturated rings. The van der Waals surface area contributed by atoms with Crippen LogP contribution in [0.4, 0.5) is 0 Å². The maximum absolute atomic E-state index is 5.74. The second kappa shape index (κ2) is 6.70. The molecule has 0 aliphatic carbocycles. The van der Waals surface area contributed by atoms with Gasteiger partial charge in [0.25, 0.3) is 0 Å². The third kappa shape index (κ3) is 4.67. The fourth-order valence-electron chi connectivity index (χ4n) is 1.87. The number of hydrogen-bond donors (Lipinski definition) is 1. The Morgan fingerprint density at radius 2 is 2.29 bits per heavy atom. The van der Waals surface area contributed by atoms with Crippen molar-refractivity contribution in [2.75, 3.05) is 25.1 Å². The van der Waals surface area contributed by atoms with Crippen LogP contribution in [-0.2, 0) is 4.74 Å². The van der Waals surface area contributed by atoms with Crippen LogP contribution in [0.1, 0.15) is 26.7 Å². The van der Waals surface area contributed by atoms with Gasteiger partial charge in [0, 0.05) is 6.54 Å². The molecule has 0 radical (unpaired) electrons. The van der Waals surface area contributed by atoms with Crippen LogP contribution >= 0.6 is 11.8 Å². The van der Waals surface area contributed by atoms with Crippen molar-refractivity contribution in [3.63, 3.8) is 0 Å². The summed E-state index contributed by atoms with van der Waals surface area (Å²) in [5, 5.41) is 3.49. The molecule has 1 aliphatic rings. The smallest absolute Gasteiger partial charge is 0.0704 e. The molecule has 0 aromatic carbocycles. The molecule has 1 rings (SSSR count). The van der Waals surface area contributed by atoms with E-state index in [1.54, 1.807) is 0 Å². The summed E-state index contributed by atoms with van der Waals surface area (Å²) in [5.41, 5.74) is 0. The first-order valence-corrected chi connectivity index (χ1v) is 6.97. The van der Waals surface area contributed by atoms with Gasteiger partial charge in [0.1, 0.15) is 0 Å². The van der Waals surface area contributed by atoms with Crippen LogP contribution in [0.15, 0.2) is 0 Å². The summed E-state index contributed by atoms with van der Waals surface area (Å²) in [6.45, 7) is 6.61. The van der Waals surface area contributed by atoms with Crippen molar-refractivity contribution >= 4 is 11.8 Å². The van der Waals surface area contributed by atoms with Gasteiger partial charge >= 0.3 is 0 Å². The third-order valence-corrected chi connectivity index (χ3v) is 3.54. The Kier molecular flexibility index (Phi) is 5.90. The Bertz CT molecular complexity index is 154. The molecule has 0 aromatic rings. The normalized spacial score (nSPS) is 29.4. The second-order valence-corrected chi connectivity index (χ2v) is 5.28. The van der Waals surface area contributed by atoms with Crippen molar-refractivity contribution in [1.82, 2.24) is 5.32 Å². The zero-order chi connectivity index (χ0) is 10.4. The predicted octanol–water partition coefficient (Wildman–Crippen LogP) is 2.14. The van der Waals surface area contributed by atoms with Crippen LogP contribution in [0.2, 0.25) is 0 Å². The van der Waals surface area contributed by atoms with Crippen molar-refractivity contribution in [3.05, 3.63) is 0 Å². The molecule has 0 amide bonds. The molecule has 0 saturated carbocycles. The van der Waals surface area contributed by atoms with Crippen LogP contribution in [-0.4, -0.2) is 37.3 Å². The average molecular weight is 217 g/mol. The molecule has 3 unspecified atom stereocenters. The standard InChI is InChI=1S/C11H23NOS/c1-9(8-14-3)6-12-7-11-5-4-10(2)13-11/h9-12H,4-8H2,1-3H3. The molecule has 3 atom stereocenters. The van der Waals surface area contributed by atoms with Gasteiger partial charge in [0.2, 0.25) is 0 Å². The molecule has 1 N–H and O–H groups in total. The summed E-state index contributed by atoms with van der Waals surface area (Å²) in [5.74, 6) is 2.01. The van der Waals surface area contributed by atoms with Gasteiger partial charge in [0.05, 0.1) is 12.2 Å². The van der Waals surface area contributed by atoms with Crippen LogP contribution < -0.4 is 5.32 Å². The lowest BCUT2D eigenvalue weighted by Crippen LogP contribution is -2.30. The van der Waals surface area contributed by atoms with E-state index in [1.807, 2.05) is 11.8 Å². The highest BCUT2D eigenvalue weighted by atomic mass is 32.2. The summed E-state index contributed by atoms with van der Waals surface area (Å²) in [6, 6.07) is 0. The average Bonchev–Trinajstić information content (AvgIpc) is 2.52. The molecule has 3 heteroatoms. The fourth-order valence-corrected chi connectivity index (χ4v) is 2.56. The summed E-state index contributed by atoms with van der Waals surface area (Å²) in [6.07, 6.45) is 5.56. The Morgan fingerprint density at radius 1 is 1.50 bits per heavy atom. The van der Waals surface area contributed by atoms with Crippen molar-refractivity contribution in [2.24, 2.45) is 5.92 Å². The highest BCUT2D eigenvalue weighted by Crippen LogP contribution is 2.18. The largest absolute Gasteiger partial charge is 0.374 e. The van der Waals surface area contributed by atoms with E-state index in [4.69, 9.17) is 4.74 Å². The molecule has 0 bridgehead atoms. The van der Waals surface area contributed by atoms with Crippen molar-refractivity contribution in [3.8, 4) is 0 Å².